The molecule has 0 amide bonds. The fourth-order valence-corrected chi connectivity index (χ4v) is 4.05. The molecular formula is C13H17N3S2. The number of hydrogen-bond acceptors (Lipinski definition) is 5. The lowest BCUT2D eigenvalue weighted by molar-refractivity contribution is 0.233. The zero-order valence-corrected chi connectivity index (χ0v) is 12.1. The van der Waals surface area contributed by atoms with Crippen LogP contribution >= 0.6 is 22.7 Å². The van der Waals surface area contributed by atoms with Gasteiger partial charge in [-0.1, -0.05) is 6.07 Å². The summed E-state index contributed by atoms with van der Waals surface area (Å²) in [6.45, 7) is 7.64. The van der Waals surface area contributed by atoms with Crippen LogP contribution in [0.1, 0.15) is 9.88 Å². The van der Waals surface area contributed by atoms with Gasteiger partial charge in [0.15, 0.2) is 0 Å². The molecule has 2 aromatic heterocycles. The van der Waals surface area contributed by atoms with Crippen LogP contribution in [-0.4, -0.2) is 36.1 Å². The van der Waals surface area contributed by atoms with Gasteiger partial charge in [0.25, 0.3) is 0 Å². The predicted molar refractivity (Wildman–Crippen MR) is 78.3 cm³/mol. The minimum absolute atomic E-state index is 0.999. The van der Waals surface area contributed by atoms with Gasteiger partial charge in [-0.3, -0.25) is 4.90 Å². The van der Waals surface area contributed by atoms with Gasteiger partial charge in [0.05, 0.1) is 17.1 Å². The van der Waals surface area contributed by atoms with Crippen LogP contribution in [0.25, 0.3) is 10.6 Å². The van der Waals surface area contributed by atoms with Crippen LogP contribution in [0.2, 0.25) is 0 Å². The molecule has 1 aliphatic heterocycles. The summed E-state index contributed by atoms with van der Waals surface area (Å²) in [4.78, 5) is 9.92. The van der Waals surface area contributed by atoms with Crippen molar-refractivity contribution in [1.29, 1.82) is 0 Å². The average molecular weight is 279 g/mol. The molecule has 0 aromatic carbocycles. The second-order valence-electron chi connectivity index (χ2n) is 4.52. The lowest BCUT2D eigenvalue weighted by Gasteiger charge is -2.26. The summed E-state index contributed by atoms with van der Waals surface area (Å²) >= 11 is 3.61. The molecule has 3 nitrogen and oxygen atoms in total. The van der Waals surface area contributed by atoms with Crippen molar-refractivity contribution in [1.82, 2.24) is 15.2 Å². The molecule has 0 radical (unpaired) electrons. The number of thiophene rings is 1. The van der Waals surface area contributed by atoms with Crippen LogP contribution in [0, 0.1) is 6.92 Å². The molecule has 0 spiro atoms. The van der Waals surface area contributed by atoms with Gasteiger partial charge in [-0.25, -0.2) is 4.98 Å². The molecule has 0 aliphatic carbocycles. The maximum absolute atomic E-state index is 4.81. The summed E-state index contributed by atoms with van der Waals surface area (Å²) in [6, 6.07) is 4.25. The second kappa shape index (κ2) is 5.48. The third-order valence-corrected chi connectivity index (χ3v) is 5.00. The highest BCUT2D eigenvalue weighted by molar-refractivity contribution is 7.15. The standard InChI is InChI=1S/C13H17N3S2/c1-10-13(11-3-2-8-17-11)15-12(18-10)9-16-6-4-14-5-7-16/h2-3,8,14H,4-7,9H2,1H3. The van der Waals surface area contributed by atoms with E-state index in [9.17, 15) is 0 Å². The smallest absolute Gasteiger partial charge is 0.108 e. The SMILES string of the molecule is Cc1sc(CN2CCNCC2)nc1-c1cccs1. The first kappa shape index (κ1) is 12.3. The zero-order chi connectivity index (χ0) is 12.4. The van der Waals surface area contributed by atoms with Crippen LogP contribution in [0.3, 0.4) is 0 Å². The van der Waals surface area contributed by atoms with Gasteiger partial charge in [0.2, 0.25) is 0 Å². The molecule has 3 rings (SSSR count). The number of nitrogens with one attached hydrogen (secondary N) is 1. The summed E-state index contributed by atoms with van der Waals surface area (Å²) in [5.41, 5.74) is 1.18. The molecule has 5 heteroatoms. The van der Waals surface area contributed by atoms with E-state index in [1.54, 1.807) is 11.3 Å². The van der Waals surface area contributed by atoms with Crippen molar-refractivity contribution < 1.29 is 0 Å². The monoisotopic (exact) mass is 279 g/mol. The van der Waals surface area contributed by atoms with Gasteiger partial charge < -0.3 is 5.32 Å². The summed E-state index contributed by atoms with van der Waals surface area (Å²) in [5.74, 6) is 0. The van der Waals surface area contributed by atoms with Crippen LogP contribution in [0.15, 0.2) is 17.5 Å². The van der Waals surface area contributed by atoms with Gasteiger partial charge in [-0.15, -0.1) is 22.7 Å². The van der Waals surface area contributed by atoms with Crippen molar-refractivity contribution in [2.45, 2.75) is 13.5 Å². The van der Waals surface area contributed by atoms with Gasteiger partial charge in [0.1, 0.15) is 5.01 Å². The Morgan fingerprint density at radius 2 is 2.22 bits per heavy atom. The van der Waals surface area contributed by atoms with Crippen LogP contribution in [0.5, 0.6) is 0 Å². The molecule has 1 fully saturated rings. The molecule has 3 heterocycles. The van der Waals surface area contributed by atoms with Crippen molar-refractivity contribution in [3.8, 4) is 10.6 Å². The summed E-state index contributed by atoms with van der Waals surface area (Å²) in [5, 5.41) is 6.75. The first-order chi connectivity index (χ1) is 8.83. The highest BCUT2D eigenvalue weighted by atomic mass is 32.1. The van der Waals surface area contributed by atoms with Gasteiger partial charge >= 0.3 is 0 Å². The van der Waals surface area contributed by atoms with E-state index in [2.05, 4.69) is 34.7 Å². The number of rotatable bonds is 3. The zero-order valence-electron chi connectivity index (χ0n) is 10.5. The number of nitrogens with zero attached hydrogens (tertiary/aromatic N) is 2. The Balaban J connectivity index is 1.75. The summed E-state index contributed by atoms with van der Waals surface area (Å²) < 4.78 is 0. The maximum atomic E-state index is 4.81. The largest absolute Gasteiger partial charge is 0.314 e. The van der Waals surface area contributed by atoms with Crippen LogP contribution in [-0.2, 0) is 6.54 Å². The third-order valence-electron chi connectivity index (χ3n) is 3.16. The quantitative estimate of drug-likeness (QED) is 0.936. The maximum Gasteiger partial charge on any atom is 0.108 e. The average Bonchev–Trinajstić information content (AvgIpc) is 3.00. The molecule has 2 aromatic rings. The van der Waals surface area contributed by atoms with E-state index in [0.717, 1.165) is 32.7 Å². The number of hydrogen-bond donors (Lipinski definition) is 1. The van der Waals surface area contributed by atoms with E-state index in [4.69, 9.17) is 4.98 Å². The minimum Gasteiger partial charge on any atom is -0.314 e. The Morgan fingerprint density at radius 1 is 1.39 bits per heavy atom. The fourth-order valence-electron chi connectivity index (χ4n) is 2.22. The lowest BCUT2D eigenvalue weighted by Crippen LogP contribution is -2.42. The van der Waals surface area contributed by atoms with Crippen molar-refractivity contribution >= 4 is 22.7 Å². The Hall–Kier alpha value is -0.750. The van der Waals surface area contributed by atoms with Crippen LogP contribution in [0.4, 0.5) is 0 Å². The number of aromatic nitrogens is 1. The van der Waals surface area contributed by atoms with E-state index in [1.165, 1.54) is 20.5 Å². The molecule has 1 N–H and O–H groups in total. The second-order valence-corrected chi connectivity index (χ2v) is 6.75. The Bertz CT molecular complexity index is 498. The van der Waals surface area contributed by atoms with E-state index < -0.39 is 0 Å². The van der Waals surface area contributed by atoms with Crippen molar-refractivity contribution in [2.75, 3.05) is 26.2 Å². The lowest BCUT2D eigenvalue weighted by atomic mass is 10.3. The first-order valence-corrected chi connectivity index (χ1v) is 7.96. The third kappa shape index (κ3) is 2.64. The molecule has 0 saturated carbocycles. The molecule has 96 valence electrons. The van der Waals surface area contributed by atoms with E-state index in [1.807, 2.05) is 11.3 Å². The molecule has 0 unspecified atom stereocenters. The fraction of sp³-hybridized carbons (Fsp3) is 0.462. The van der Waals surface area contributed by atoms with Gasteiger partial charge in [0, 0.05) is 31.1 Å². The van der Waals surface area contributed by atoms with Gasteiger partial charge in [-0.2, -0.15) is 0 Å². The first-order valence-electron chi connectivity index (χ1n) is 6.26. The molecule has 0 atom stereocenters. The highest BCUT2D eigenvalue weighted by Crippen LogP contribution is 2.31. The number of piperazine rings is 1. The normalized spacial score (nSPS) is 17.2. The molecule has 1 saturated heterocycles. The number of aryl methyl sites for hydroxylation is 1. The molecular weight excluding hydrogens is 262 g/mol. The van der Waals surface area contributed by atoms with E-state index >= 15 is 0 Å². The Labute approximate surface area is 115 Å². The topological polar surface area (TPSA) is 28.2 Å². The summed E-state index contributed by atoms with van der Waals surface area (Å²) in [7, 11) is 0. The van der Waals surface area contributed by atoms with E-state index in [0.29, 0.717) is 0 Å². The van der Waals surface area contributed by atoms with Crippen molar-refractivity contribution in [3.05, 3.63) is 27.4 Å². The highest BCUT2D eigenvalue weighted by Gasteiger charge is 2.15. The van der Waals surface area contributed by atoms with Crippen molar-refractivity contribution in [3.63, 3.8) is 0 Å². The van der Waals surface area contributed by atoms with Gasteiger partial charge in [-0.05, 0) is 18.4 Å². The Kier molecular flexibility index (Phi) is 3.75. The van der Waals surface area contributed by atoms with Crippen molar-refractivity contribution in [2.24, 2.45) is 0 Å². The molecule has 18 heavy (non-hydrogen) atoms. The molecule has 1 aliphatic rings. The molecule has 0 bridgehead atoms. The van der Waals surface area contributed by atoms with Crippen LogP contribution < -0.4 is 5.32 Å². The Morgan fingerprint density at radius 3 is 2.94 bits per heavy atom. The number of thiazole rings is 1. The minimum atomic E-state index is 0.999. The summed E-state index contributed by atoms with van der Waals surface area (Å²) in [6.07, 6.45) is 0. The van der Waals surface area contributed by atoms with E-state index in [-0.39, 0.29) is 0 Å². The predicted octanol–water partition coefficient (Wildman–Crippen LogP) is 2.59.